The number of aromatic nitrogens is 1. The first-order valence-electron chi connectivity index (χ1n) is 6.53. The maximum atomic E-state index is 11.8. The summed E-state index contributed by atoms with van der Waals surface area (Å²) in [7, 11) is 0. The van der Waals surface area contributed by atoms with Crippen LogP contribution in [0.1, 0.15) is 20.8 Å². The molecule has 21 heavy (non-hydrogen) atoms. The van der Waals surface area contributed by atoms with E-state index in [-0.39, 0.29) is 0 Å². The van der Waals surface area contributed by atoms with Crippen molar-refractivity contribution >= 4 is 22.8 Å². The first-order chi connectivity index (χ1) is 9.82. The highest BCUT2D eigenvalue weighted by Crippen LogP contribution is 2.36. The van der Waals surface area contributed by atoms with Crippen LogP contribution in [0.15, 0.2) is 42.6 Å². The van der Waals surface area contributed by atoms with Crippen LogP contribution in [0, 0.1) is 0 Å². The van der Waals surface area contributed by atoms with Gasteiger partial charge in [-0.25, -0.2) is 9.19 Å². The zero-order valence-electron chi connectivity index (χ0n) is 12.3. The van der Waals surface area contributed by atoms with Gasteiger partial charge in [0, 0.05) is 22.9 Å². The van der Waals surface area contributed by atoms with Gasteiger partial charge < -0.3 is 5.73 Å². The Morgan fingerprint density at radius 2 is 1.76 bits per heavy atom. The molecule has 0 bridgehead atoms. The van der Waals surface area contributed by atoms with Crippen molar-refractivity contribution in [1.29, 1.82) is 0 Å². The van der Waals surface area contributed by atoms with Gasteiger partial charge in [0.25, 0.3) is 11.3 Å². The van der Waals surface area contributed by atoms with E-state index in [0.29, 0.717) is 11.5 Å². The van der Waals surface area contributed by atoms with Gasteiger partial charge in [-0.1, -0.05) is 18.2 Å². The van der Waals surface area contributed by atoms with Crippen LogP contribution in [0.3, 0.4) is 0 Å². The van der Waals surface area contributed by atoms with Crippen molar-refractivity contribution in [1.82, 2.24) is 4.98 Å². The fraction of sp³-hybridized carbons (Fsp3) is 0.267. The van der Waals surface area contributed by atoms with E-state index in [1.807, 2.05) is 45.0 Å². The van der Waals surface area contributed by atoms with E-state index >= 15 is 0 Å². The maximum absolute atomic E-state index is 11.8. The molecule has 5 nitrogen and oxygen atoms in total. The van der Waals surface area contributed by atoms with Crippen LogP contribution in [-0.2, 0) is 11.3 Å². The molecule has 0 amide bonds. The molecule has 0 saturated heterocycles. The van der Waals surface area contributed by atoms with E-state index in [1.54, 1.807) is 18.3 Å². The number of nitrogens with two attached hydrogens (primary N) is 1. The Morgan fingerprint density at radius 3 is 2.33 bits per heavy atom. The molecular weight excluding hydrogens is 286 g/mol. The first-order valence-corrected chi connectivity index (χ1v) is 7.60. The first kappa shape index (κ1) is 15.5. The molecule has 1 atom stereocenters. The van der Waals surface area contributed by atoms with Gasteiger partial charge in [-0.15, -0.1) is 0 Å². The number of rotatable bonds is 3. The van der Waals surface area contributed by atoms with Crippen LogP contribution in [0.2, 0.25) is 0 Å². The standard InChI is InChI=1S/C15H19N3O2S/c1-15(2,3)18(21(19)20)13-9-5-4-7-11(13)12-8-6-10-17-14(12)16/h4-10H,1-3H3,(H2,16,17)(H,19,20). The molecule has 0 saturated carbocycles. The average Bonchev–Trinajstić information content (AvgIpc) is 2.38. The second-order valence-corrected chi connectivity index (χ2v) is 6.48. The number of hydrogen-bond acceptors (Lipinski definition) is 3. The number of pyridine rings is 1. The van der Waals surface area contributed by atoms with Crippen LogP contribution in [0.4, 0.5) is 11.5 Å². The van der Waals surface area contributed by atoms with E-state index in [2.05, 4.69) is 4.98 Å². The van der Waals surface area contributed by atoms with E-state index in [4.69, 9.17) is 5.73 Å². The third-order valence-electron chi connectivity index (χ3n) is 3.02. The van der Waals surface area contributed by atoms with Crippen LogP contribution < -0.4 is 10.0 Å². The summed E-state index contributed by atoms with van der Waals surface area (Å²) in [5.41, 5.74) is 7.58. The lowest BCUT2D eigenvalue weighted by Gasteiger charge is -2.35. The average molecular weight is 305 g/mol. The normalized spacial score (nSPS) is 13.0. The van der Waals surface area contributed by atoms with Gasteiger partial charge in [-0.2, -0.15) is 0 Å². The highest BCUT2D eigenvalue weighted by atomic mass is 32.2. The van der Waals surface area contributed by atoms with Crippen LogP contribution in [-0.4, -0.2) is 19.3 Å². The minimum Gasteiger partial charge on any atom is -0.383 e. The second kappa shape index (κ2) is 5.83. The Hall–Kier alpha value is -1.92. The fourth-order valence-corrected chi connectivity index (χ4v) is 3.00. The lowest BCUT2D eigenvalue weighted by Crippen LogP contribution is -2.42. The molecule has 0 spiro atoms. The number of nitrogen functional groups attached to an aromatic ring is 1. The van der Waals surface area contributed by atoms with Gasteiger partial charge >= 0.3 is 0 Å². The number of benzene rings is 1. The van der Waals surface area contributed by atoms with Gasteiger partial charge in [-0.3, -0.25) is 8.86 Å². The molecule has 1 aromatic carbocycles. The largest absolute Gasteiger partial charge is 0.383 e. The van der Waals surface area contributed by atoms with Crippen LogP contribution >= 0.6 is 0 Å². The van der Waals surface area contributed by atoms with Crippen molar-refractivity contribution in [2.45, 2.75) is 26.3 Å². The summed E-state index contributed by atoms with van der Waals surface area (Å²) in [4.78, 5) is 4.08. The minimum atomic E-state index is -2.14. The van der Waals surface area contributed by atoms with Crippen molar-refractivity contribution in [3.8, 4) is 11.1 Å². The fourth-order valence-electron chi connectivity index (χ4n) is 2.20. The smallest absolute Gasteiger partial charge is 0.262 e. The van der Waals surface area contributed by atoms with Gasteiger partial charge in [-0.05, 0) is 39.0 Å². The number of para-hydroxylation sites is 1. The summed E-state index contributed by atoms with van der Waals surface area (Å²) in [6.45, 7) is 5.64. The van der Waals surface area contributed by atoms with Crippen molar-refractivity contribution in [3.63, 3.8) is 0 Å². The summed E-state index contributed by atoms with van der Waals surface area (Å²) in [6.07, 6.45) is 1.62. The van der Waals surface area contributed by atoms with Crippen LogP contribution in [0.25, 0.3) is 11.1 Å². The lowest BCUT2D eigenvalue weighted by molar-refractivity contribution is 0.515. The number of hydrogen-bond donors (Lipinski definition) is 2. The Bertz CT molecular complexity index is 668. The predicted molar refractivity (Wildman–Crippen MR) is 87.1 cm³/mol. The highest BCUT2D eigenvalue weighted by molar-refractivity contribution is 7.80. The molecule has 0 aliphatic rings. The van der Waals surface area contributed by atoms with Crippen molar-refractivity contribution in [2.24, 2.45) is 0 Å². The number of nitrogens with zero attached hydrogens (tertiary/aromatic N) is 2. The van der Waals surface area contributed by atoms with E-state index in [1.165, 1.54) is 4.31 Å². The molecule has 0 fully saturated rings. The lowest BCUT2D eigenvalue weighted by atomic mass is 10.0. The van der Waals surface area contributed by atoms with E-state index < -0.39 is 16.8 Å². The molecule has 1 aromatic heterocycles. The van der Waals surface area contributed by atoms with Gasteiger partial charge in [0.1, 0.15) is 5.82 Å². The molecule has 0 aliphatic heterocycles. The van der Waals surface area contributed by atoms with Crippen molar-refractivity contribution in [2.75, 3.05) is 10.0 Å². The van der Waals surface area contributed by atoms with E-state index in [9.17, 15) is 8.76 Å². The van der Waals surface area contributed by atoms with Gasteiger partial charge in [0.2, 0.25) is 0 Å². The zero-order chi connectivity index (χ0) is 15.6. The third kappa shape index (κ3) is 3.22. The third-order valence-corrected chi connectivity index (χ3v) is 4.07. The SMILES string of the molecule is CC(C)(C)N(c1ccccc1-c1cccnc1N)S(=O)O. The molecule has 2 aromatic rings. The van der Waals surface area contributed by atoms with E-state index in [0.717, 1.165) is 11.1 Å². The van der Waals surface area contributed by atoms with Gasteiger partial charge in [0.15, 0.2) is 0 Å². The molecule has 3 N–H and O–H groups in total. The Balaban J connectivity index is 2.66. The van der Waals surface area contributed by atoms with Gasteiger partial charge in [0.05, 0.1) is 5.69 Å². The Kier molecular flexibility index (Phi) is 4.29. The molecular formula is C15H19N3O2S. The molecule has 6 heteroatoms. The summed E-state index contributed by atoms with van der Waals surface area (Å²) in [5, 5.41) is 0. The summed E-state index contributed by atoms with van der Waals surface area (Å²) in [5.74, 6) is 0.391. The molecule has 2 rings (SSSR count). The summed E-state index contributed by atoms with van der Waals surface area (Å²) < 4.78 is 23.0. The summed E-state index contributed by atoms with van der Waals surface area (Å²) in [6, 6.07) is 11.0. The Morgan fingerprint density at radius 1 is 1.14 bits per heavy atom. The summed E-state index contributed by atoms with van der Waals surface area (Å²) >= 11 is -2.14. The quantitative estimate of drug-likeness (QED) is 0.854. The Labute approximate surface area is 127 Å². The second-order valence-electron chi connectivity index (χ2n) is 5.65. The maximum Gasteiger partial charge on any atom is 0.262 e. The molecule has 0 radical (unpaired) electrons. The monoisotopic (exact) mass is 305 g/mol. The van der Waals surface area contributed by atoms with Crippen LogP contribution in [0.5, 0.6) is 0 Å². The minimum absolute atomic E-state index is 0.391. The highest BCUT2D eigenvalue weighted by Gasteiger charge is 2.28. The molecule has 0 aliphatic carbocycles. The molecule has 1 heterocycles. The predicted octanol–water partition coefficient (Wildman–Crippen LogP) is 3.07. The topological polar surface area (TPSA) is 79.5 Å². The van der Waals surface area contributed by atoms with Crippen molar-refractivity contribution < 1.29 is 8.76 Å². The molecule has 112 valence electrons. The zero-order valence-corrected chi connectivity index (χ0v) is 13.1. The molecule has 1 unspecified atom stereocenters. The number of anilines is 2. The van der Waals surface area contributed by atoms with Crippen molar-refractivity contribution in [3.05, 3.63) is 42.6 Å².